The summed E-state index contributed by atoms with van der Waals surface area (Å²) in [7, 11) is -1.30. The van der Waals surface area contributed by atoms with Crippen molar-refractivity contribution in [1.29, 1.82) is 0 Å². The highest BCUT2D eigenvalue weighted by molar-refractivity contribution is 14.1. The summed E-state index contributed by atoms with van der Waals surface area (Å²) in [5.74, 6) is 0. The molecule has 0 bridgehead atoms. The normalized spacial score (nSPS) is 11.6. The molecule has 0 radical (unpaired) electrons. The van der Waals surface area contributed by atoms with Crippen LogP contribution in [-0.4, -0.2) is 8.24 Å². The van der Waals surface area contributed by atoms with Gasteiger partial charge in [-0.05, 0) is 71.8 Å². The Labute approximate surface area is 121 Å². The molecule has 0 unspecified atom stereocenters. The minimum absolute atomic E-state index is 1.30. The van der Waals surface area contributed by atoms with Gasteiger partial charge in [0.1, 0.15) is 0 Å². The summed E-state index contributed by atoms with van der Waals surface area (Å²) in [6, 6.07) is 8.37. The molecule has 96 valence electrons. The Morgan fingerprint density at radius 3 is 2.06 bits per heavy atom. The minimum Gasteiger partial charge on any atom is -0.409 e. The van der Waals surface area contributed by atoms with Crippen LogP contribution in [0.2, 0.25) is 18.1 Å². The van der Waals surface area contributed by atoms with Gasteiger partial charge in [0.15, 0.2) is 8.24 Å². The van der Waals surface area contributed by atoms with Crippen LogP contribution in [0.3, 0.4) is 0 Å². The summed E-state index contributed by atoms with van der Waals surface area (Å²) < 4.78 is 1.36. The first-order valence-electron chi connectivity index (χ1n) is 6.53. The molecule has 0 heterocycles. The van der Waals surface area contributed by atoms with E-state index < -0.39 is 8.24 Å². The molecule has 0 fully saturated rings. The van der Waals surface area contributed by atoms with Crippen LogP contribution in [0.25, 0.3) is 0 Å². The zero-order chi connectivity index (χ0) is 13.1. The van der Waals surface area contributed by atoms with Crippen molar-refractivity contribution in [2.75, 3.05) is 4.98 Å². The van der Waals surface area contributed by atoms with E-state index in [0.29, 0.717) is 0 Å². The zero-order valence-corrected chi connectivity index (χ0v) is 14.8. The molecule has 1 N–H and O–H groups in total. The number of hydrogen-bond donors (Lipinski definition) is 1. The van der Waals surface area contributed by atoms with E-state index in [2.05, 4.69) is 74.3 Å². The van der Waals surface area contributed by atoms with Crippen LogP contribution in [0.1, 0.15) is 31.9 Å². The fraction of sp³-hybridized carbons (Fsp3) is 0.571. The van der Waals surface area contributed by atoms with Gasteiger partial charge in [-0.1, -0.05) is 26.8 Å². The van der Waals surface area contributed by atoms with Gasteiger partial charge in [0.2, 0.25) is 0 Å². The van der Waals surface area contributed by atoms with Crippen molar-refractivity contribution in [2.24, 2.45) is 0 Å². The van der Waals surface area contributed by atoms with E-state index in [0.717, 1.165) is 0 Å². The summed E-state index contributed by atoms with van der Waals surface area (Å²) in [6.07, 6.45) is 0. The first-order valence-corrected chi connectivity index (χ1v) is 10.2. The molecule has 0 aliphatic carbocycles. The van der Waals surface area contributed by atoms with Crippen molar-refractivity contribution in [2.45, 2.75) is 52.8 Å². The number of rotatable bonds is 5. The number of nitrogens with one attached hydrogen (secondary N) is 1. The first-order chi connectivity index (χ1) is 7.99. The second-order valence-electron chi connectivity index (χ2n) is 4.83. The fourth-order valence-electron chi connectivity index (χ4n) is 2.22. The smallest absolute Gasteiger partial charge is 0.152 e. The molecule has 0 aliphatic heterocycles. The Morgan fingerprint density at radius 1 is 1.06 bits per heavy atom. The lowest BCUT2D eigenvalue weighted by Crippen LogP contribution is -2.42. The van der Waals surface area contributed by atoms with Crippen molar-refractivity contribution in [3.63, 3.8) is 0 Å². The molecule has 0 saturated carbocycles. The van der Waals surface area contributed by atoms with E-state index in [9.17, 15) is 0 Å². The Morgan fingerprint density at radius 2 is 1.59 bits per heavy atom. The molecule has 0 atom stereocenters. The third-order valence-electron chi connectivity index (χ3n) is 4.11. The summed E-state index contributed by atoms with van der Waals surface area (Å²) in [5.41, 5.74) is 4.20. The summed E-state index contributed by atoms with van der Waals surface area (Å²) in [5, 5.41) is 0. The van der Waals surface area contributed by atoms with Gasteiger partial charge in [-0.25, -0.2) is 0 Å². The summed E-state index contributed by atoms with van der Waals surface area (Å²) >= 11 is 2.45. The Hall–Kier alpha value is -0.0331. The van der Waals surface area contributed by atoms with Crippen LogP contribution in [0.5, 0.6) is 0 Å². The van der Waals surface area contributed by atoms with Crippen molar-refractivity contribution < 1.29 is 0 Å². The average Bonchev–Trinajstić information content (AvgIpc) is 2.36. The molecule has 0 amide bonds. The van der Waals surface area contributed by atoms with Crippen LogP contribution < -0.4 is 4.98 Å². The highest BCUT2D eigenvalue weighted by Gasteiger charge is 2.28. The van der Waals surface area contributed by atoms with Crippen LogP contribution in [0.15, 0.2) is 12.1 Å². The third-order valence-corrected chi connectivity index (χ3v) is 9.85. The molecule has 1 rings (SSSR count). The SMILES string of the molecule is CC[Si](CC)(CC)Nc1c(I)ccc(C)c1C. The van der Waals surface area contributed by atoms with Gasteiger partial charge in [-0.3, -0.25) is 0 Å². The molecule has 3 heteroatoms. The largest absolute Gasteiger partial charge is 0.409 e. The van der Waals surface area contributed by atoms with Gasteiger partial charge in [-0.2, -0.15) is 0 Å². The standard InChI is InChI=1S/C14H24INSi/c1-6-17(7-2,8-3)16-14-12(5)11(4)9-10-13(14)15/h9-10,16H,6-8H2,1-5H3. The lowest BCUT2D eigenvalue weighted by molar-refractivity contribution is 1.16. The monoisotopic (exact) mass is 361 g/mol. The topological polar surface area (TPSA) is 12.0 Å². The molecule has 0 aliphatic rings. The number of halogens is 1. The number of benzene rings is 1. The quantitative estimate of drug-likeness (QED) is 0.552. The van der Waals surface area contributed by atoms with Gasteiger partial charge in [0, 0.05) is 9.26 Å². The zero-order valence-electron chi connectivity index (χ0n) is 11.7. The van der Waals surface area contributed by atoms with Crippen molar-refractivity contribution in [1.82, 2.24) is 0 Å². The van der Waals surface area contributed by atoms with Crippen LogP contribution in [0.4, 0.5) is 5.69 Å². The summed E-state index contributed by atoms with van der Waals surface area (Å²) in [6.45, 7) is 11.4. The highest BCUT2D eigenvalue weighted by Crippen LogP contribution is 2.30. The van der Waals surface area contributed by atoms with Crippen LogP contribution in [0, 0.1) is 17.4 Å². The molecule has 17 heavy (non-hydrogen) atoms. The maximum Gasteiger partial charge on any atom is 0.152 e. The van der Waals surface area contributed by atoms with E-state index in [1.54, 1.807) is 0 Å². The first kappa shape index (κ1) is 15.0. The fourth-order valence-corrected chi connectivity index (χ4v) is 6.07. The maximum absolute atomic E-state index is 3.95. The van der Waals surface area contributed by atoms with Gasteiger partial charge >= 0.3 is 0 Å². The third kappa shape index (κ3) is 3.25. The Kier molecular flexibility index (Phi) is 5.50. The second kappa shape index (κ2) is 6.23. The molecular formula is C14H24INSi. The van der Waals surface area contributed by atoms with Crippen molar-refractivity contribution >= 4 is 36.5 Å². The van der Waals surface area contributed by atoms with Crippen molar-refractivity contribution in [3.05, 3.63) is 26.8 Å². The van der Waals surface area contributed by atoms with Crippen LogP contribution >= 0.6 is 22.6 Å². The van der Waals surface area contributed by atoms with Crippen LogP contribution in [-0.2, 0) is 0 Å². The molecule has 1 aromatic carbocycles. The van der Waals surface area contributed by atoms with Gasteiger partial charge < -0.3 is 4.98 Å². The number of aryl methyl sites for hydroxylation is 1. The molecule has 1 aromatic rings. The van der Waals surface area contributed by atoms with Gasteiger partial charge in [-0.15, -0.1) is 0 Å². The number of hydrogen-bond acceptors (Lipinski definition) is 1. The maximum atomic E-state index is 3.95. The summed E-state index contributed by atoms with van der Waals surface area (Å²) in [4.78, 5) is 3.95. The van der Waals surface area contributed by atoms with Gasteiger partial charge in [0.05, 0.1) is 0 Å². The van der Waals surface area contributed by atoms with E-state index in [1.807, 2.05) is 0 Å². The van der Waals surface area contributed by atoms with Crippen molar-refractivity contribution in [3.8, 4) is 0 Å². The molecule has 0 aromatic heterocycles. The van der Waals surface area contributed by atoms with Gasteiger partial charge in [0.25, 0.3) is 0 Å². The molecule has 0 spiro atoms. The highest BCUT2D eigenvalue weighted by atomic mass is 127. The van der Waals surface area contributed by atoms with E-state index in [4.69, 9.17) is 0 Å². The number of anilines is 1. The molecule has 1 nitrogen and oxygen atoms in total. The minimum atomic E-state index is -1.30. The average molecular weight is 361 g/mol. The second-order valence-corrected chi connectivity index (χ2v) is 10.9. The van der Waals surface area contributed by atoms with E-state index in [1.165, 1.54) is 38.5 Å². The van der Waals surface area contributed by atoms with E-state index in [-0.39, 0.29) is 0 Å². The Balaban J connectivity index is 3.13. The van der Waals surface area contributed by atoms with E-state index >= 15 is 0 Å². The lowest BCUT2D eigenvalue weighted by atomic mass is 10.1. The Bertz CT molecular complexity index is 378. The predicted octanol–water partition coefficient (Wildman–Crippen LogP) is 5.33. The molecular weight excluding hydrogens is 337 g/mol. The molecule has 0 saturated heterocycles. The predicted molar refractivity (Wildman–Crippen MR) is 89.5 cm³/mol. The lowest BCUT2D eigenvalue weighted by Gasteiger charge is -2.32.